The molecule has 0 fully saturated rings. The number of aromatic nitrogens is 2. The maximum Gasteiger partial charge on any atom is 0.355 e. The number of nitrogens with zero attached hydrogens (tertiary/aromatic N) is 2. The zero-order valence-electron chi connectivity index (χ0n) is 21.8. The fraction of sp³-hybridized carbons (Fsp3) is 0.133. The number of benzene rings is 3. The number of nitrogens with one attached hydrogen (secondary N) is 3. The van der Waals surface area contributed by atoms with Gasteiger partial charge in [0.1, 0.15) is 11.6 Å². The van der Waals surface area contributed by atoms with Gasteiger partial charge in [-0.05, 0) is 55.8 Å². The molecule has 1 amide bonds. The van der Waals surface area contributed by atoms with Crippen molar-refractivity contribution in [3.63, 3.8) is 0 Å². The predicted octanol–water partition coefficient (Wildman–Crippen LogP) is 4.09. The highest BCUT2D eigenvalue weighted by Crippen LogP contribution is 2.45. The zero-order chi connectivity index (χ0) is 28.2. The van der Waals surface area contributed by atoms with Crippen LogP contribution in [0.15, 0.2) is 101 Å². The van der Waals surface area contributed by atoms with Crippen LogP contribution in [0.5, 0.6) is 5.75 Å². The van der Waals surface area contributed by atoms with E-state index in [0.29, 0.717) is 28.3 Å². The number of phenolic OH excluding ortho intramolecular Hbond substituents is 1. The fourth-order valence-electron chi connectivity index (χ4n) is 4.71. The number of rotatable bonds is 7. The molecule has 202 valence electrons. The molecule has 1 aliphatic rings. The molecule has 3 aromatic carbocycles. The SMILES string of the molecule is CCOC(=O)C1=C(C)Nc2c(c(NNC(=O)c3ccc(O)cc3)nc(=O)n2-c2ccccc2)C1c1ccccc1. The van der Waals surface area contributed by atoms with Gasteiger partial charge < -0.3 is 15.2 Å². The number of carbonyl (C=O) groups is 2. The van der Waals surface area contributed by atoms with Crippen LogP contribution in [0.3, 0.4) is 0 Å². The molecule has 4 N–H and O–H groups in total. The van der Waals surface area contributed by atoms with Gasteiger partial charge in [0, 0.05) is 16.8 Å². The number of para-hydroxylation sites is 1. The summed E-state index contributed by atoms with van der Waals surface area (Å²) in [4.78, 5) is 43.9. The second kappa shape index (κ2) is 11.2. The summed E-state index contributed by atoms with van der Waals surface area (Å²) in [5.41, 5.74) is 7.75. The second-order valence-corrected chi connectivity index (χ2v) is 9.03. The first kappa shape index (κ1) is 26.2. The largest absolute Gasteiger partial charge is 0.508 e. The zero-order valence-corrected chi connectivity index (χ0v) is 21.8. The highest BCUT2D eigenvalue weighted by Gasteiger charge is 2.38. The maximum atomic E-state index is 13.5. The van der Waals surface area contributed by atoms with E-state index >= 15 is 0 Å². The van der Waals surface area contributed by atoms with Crippen molar-refractivity contribution in [2.45, 2.75) is 19.8 Å². The number of hydrogen-bond acceptors (Lipinski definition) is 8. The van der Waals surface area contributed by atoms with Crippen molar-refractivity contribution >= 4 is 23.5 Å². The lowest BCUT2D eigenvalue weighted by Crippen LogP contribution is -2.37. The first-order valence-electron chi connectivity index (χ1n) is 12.7. The number of esters is 1. The third-order valence-corrected chi connectivity index (χ3v) is 6.49. The molecule has 0 bridgehead atoms. The third kappa shape index (κ3) is 5.02. The molecule has 4 aromatic rings. The molecule has 0 saturated heterocycles. The van der Waals surface area contributed by atoms with E-state index in [1.54, 1.807) is 26.0 Å². The van der Waals surface area contributed by atoms with Crippen LogP contribution in [0, 0.1) is 0 Å². The number of carbonyl (C=O) groups excluding carboxylic acids is 2. The summed E-state index contributed by atoms with van der Waals surface area (Å²) >= 11 is 0. The topological polar surface area (TPSA) is 135 Å². The summed E-state index contributed by atoms with van der Waals surface area (Å²) in [6.07, 6.45) is 0. The molecule has 10 heteroatoms. The average molecular weight is 538 g/mol. The molecule has 2 heterocycles. The number of amides is 1. The molecule has 1 atom stereocenters. The van der Waals surface area contributed by atoms with Crippen LogP contribution in [0.4, 0.5) is 11.6 Å². The maximum absolute atomic E-state index is 13.5. The summed E-state index contributed by atoms with van der Waals surface area (Å²) in [5.74, 6) is -1.23. The summed E-state index contributed by atoms with van der Waals surface area (Å²) in [7, 11) is 0. The number of phenols is 1. The van der Waals surface area contributed by atoms with Gasteiger partial charge in [0.05, 0.1) is 23.8 Å². The number of hydrogen-bond donors (Lipinski definition) is 4. The minimum absolute atomic E-state index is 0.0233. The van der Waals surface area contributed by atoms with Gasteiger partial charge in [-0.2, -0.15) is 4.98 Å². The Labute approximate surface area is 229 Å². The quantitative estimate of drug-likeness (QED) is 0.205. The molecule has 10 nitrogen and oxygen atoms in total. The van der Waals surface area contributed by atoms with Crippen LogP contribution in [0.2, 0.25) is 0 Å². The summed E-state index contributed by atoms with van der Waals surface area (Å²) < 4.78 is 6.86. The first-order valence-corrected chi connectivity index (χ1v) is 12.7. The molecule has 0 saturated carbocycles. The second-order valence-electron chi connectivity index (χ2n) is 9.03. The van der Waals surface area contributed by atoms with E-state index < -0.39 is 23.5 Å². The normalized spacial score (nSPS) is 14.1. The summed E-state index contributed by atoms with van der Waals surface area (Å²) in [6, 6.07) is 24.1. The number of hydrazine groups is 1. The Kier molecular flexibility index (Phi) is 7.32. The predicted molar refractivity (Wildman–Crippen MR) is 150 cm³/mol. The molecule has 1 unspecified atom stereocenters. The Hall–Kier alpha value is -5.38. The lowest BCUT2D eigenvalue weighted by molar-refractivity contribution is -0.138. The van der Waals surface area contributed by atoms with Crippen LogP contribution in [0.25, 0.3) is 5.69 Å². The Balaban J connectivity index is 1.70. The Morgan fingerprint density at radius 3 is 2.30 bits per heavy atom. The smallest absolute Gasteiger partial charge is 0.355 e. The monoisotopic (exact) mass is 537 g/mol. The van der Waals surface area contributed by atoms with Crippen LogP contribution in [-0.4, -0.2) is 33.1 Å². The van der Waals surface area contributed by atoms with E-state index in [2.05, 4.69) is 21.2 Å². The number of aromatic hydroxyl groups is 1. The fourth-order valence-corrected chi connectivity index (χ4v) is 4.71. The number of allylic oxidation sites excluding steroid dienone is 1. The minimum Gasteiger partial charge on any atom is -0.508 e. The average Bonchev–Trinajstić information content (AvgIpc) is 2.96. The van der Waals surface area contributed by atoms with E-state index in [4.69, 9.17) is 4.74 Å². The molecular formula is C30H27N5O5. The third-order valence-electron chi connectivity index (χ3n) is 6.49. The van der Waals surface area contributed by atoms with Gasteiger partial charge in [-0.25, -0.2) is 14.2 Å². The first-order chi connectivity index (χ1) is 19.4. The standard InChI is InChI=1S/C30H27N5O5/c1-3-40-29(38)23-18(2)31-27-25(24(23)19-10-6-4-7-11-19)26(32-30(39)35(27)21-12-8-5-9-13-21)33-34-28(37)20-14-16-22(36)17-15-20/h4-17,24,31,36H,3H2,1-2H3,(H,34,37)(H,32,33,39). The molecule has 0 spiro atoms. The van der Waals surface area contributed by atoms with Gasteiger partial charge in [-0.3, -0.25) is 15.6 Å². The van der Waals surface area contributed by atoms with Crippen LogP contribution in [-0.2, 0) is 9.53 Å². The van der Waals surface area contributed by atoms with Gasteiger partial charge in [0.25, 0.3) is 5.91 Å². The lowest BCUT2D eigenvalue weighted by Gasteiger charge is -2.33. The molecule has 5 rings (SSSR count). The van der Waals surface area contributed by atoms with E-state index in [1.807, 2.05) is 48.5 Å². The summed E-state index contributed by atoms with van der Waals surface area (Å²) in [5, 5.41) is 12.8. The number of fused-ring (bicyclic) bond motifs is 1. The molecule has 0 aliphatic carbocycles. The summed E-state index contributed by atoms with van der Waals surface area (Å²) in [6.45, 7) is 3.67. The van der Waals surface area contributed by atoms with Crippen molar-refractivity contribution in [2.75, 3.05) is 17.3 Å². The molecule has 1 aliphatic heterocycles. The molecule has 1 aromatic heterocycles. The van der Waals surface area contributed by atoms with Crippen LogP contribution >= 0.6 is 0 Å². The highest BCUT2D eigenvalue weighted by molar-refractivity contribution is 5.96. The lowest BCUT2D eigenvalue weighted by atomic mass is 9.81. The van der Waals surface area contributed by atoms with Crippen LogP contribution < -0.4 is 21.9 Å². The van der Waals surface area contributed by atoms with Gasteiger partial charge in [0.2, 0.25) is 0 Å². The number of anilines is 2. The van der Waals surface area contributed by atoms with E-state index in [-0.39, 0.29) is 23.7 Å². The van der Waals surface area contributed by atoms with E-state index in [0.717, 1.165) is 5.56 Å². The van der Waals surface area contributed by atoms with Gasteiger partial charge in [-0.15, -0.1) is 0 Å². The van der Waals surface area contributed by atoms with Crippen molar-refractivity contribution in [3.05, 3.63) is 123 Å². The van der Waals surface area contributed by atoms with E-state index in [1.165, 1.54) is 28.8 Å². The Morgan fingerprint density at radius 2 is 1.65 bits per heavy atom. The Bertz CT molecular complexity index is 1650. The molecular weight excluding hydrogens is 510 g/mol. The van der Waals surface area contributed by atoms with Crippen molar-refractivity contribution in [1.82, 2.24) is 15.0 Å². The highest BCUT2D eigenvalue weighted by atomic mass is 16.5. The van der Waals surface area contributed by atoms with Crippen molar-refractivity contribution < 1.29 is 19.4 Å². The Morgan fingerprint density at radius 1 is 1.00 bits per heavy atom. The van der Waals surface area contributed by atoms with Crippen molar-refractivity contribution in [1.29, 1.82) is 0 Å². The van der Waals surface area contributed by atoms with Crippen molar-refractivity contribution in [3.8, 4) is 11.4 Å². The molecule has 40 heavy (non-hydrogen) atoms. The molecule has 0 radical (unpaired) electrons. The van der Waals surface area contributed by atoms with E-state index in [9.17, 15) is 19.5 Å². The minimum atomic E-state index is -0.687. The number of ether oxygens (including phenoxy) is 1. The van der Waals surface area contributed by atoms with Gasteiger partial charge in [0.15, 0.2) is 5.82 Å². The van der Waals surface area contributed by atoms with Crippen LogP contribution in [0.1, 0.15) is 41.3 Å². The van der Waals surface area contributed by atoms with Gasteiger partial charge >= 0.3 is 11.7 Å². The van der Waals surface area contributed by atoms with Gasteiger partial charge in [-0.1, -0.05) is 48.5 Å². The van der Waals surface area contributed by atoms with Crippen molar-refractivity contribution in [2.24, 2.45) is 0 Å².